The lowest BCUT2D eigenvalue weighted by atomic mass is 9.98. The second-order valence-electron chi connectivity index (χ2n) is 5.33. The van der Waals surface area contributed by atoms with Crippen molar-refractivity contribution < 1.29 is 4.74 Å². The highest BCUT2D eigenvalue weighted by molar-refractivity contribution is 5.46. The highest BCUT2D eigenvalue weighted by Gasteiger charge is 2.22. The molecule has 0 aliphatic carbocycles. The maximum atomic E-state index is 5.17. The van der Waals surface area contributed by atoms with E-state index < -0.39 is 0 Å². The van der Waals surface area contributed by atoms with E-state index in [0.717, 1.165) is 0 Å². The number of ether oxygens (including phenoxy) is 1. The summed E-state index contributed by atoms with van der Waals surface area (Å²) in [6.07, 6.45) is 2.43. The van der Waals surface area contributed by atoms with Gasteiger partial charge >= 0.3 is 0 Å². The molecule has 1 aromatic carbocycles. The van der Waals surface area contributed by atoms with Crippen LogP contribution in [0.25, 0.3) is 0 Å². The zero-order valence-electron chi connectivity index (χ0n) is 11.6. The molecule has 1 aliphatic heterocycles. The van der Waals surface area contributed by atoms with Gasteiger partial charge in [-0.1, -0.05) is 12.1 Å². The van der Waals surface area contributed by atoms with E-state index in [-0.39, 0.29) is 0 Å². The van der Waals surface area contributed by atoms with Crippen LogP contribution in [0.5, 0.6) is 0 Å². The van der Waals surface area contributed by atoms with Crippen molar-refractivity contribution in [2.24, 2.45) is 0 Å². The fraction of sp³-hybridized carbons (Fsp3) is 0.600. The maximum Gasteiger partial charge on any atom is 0.0713 e. The van der Waals surface area contributed by atoms with Gasteiger partial charge in [-0.25, -0.2) is 0 Å². The van der Waals surface area contributed by atoms with Crippen molar-refractivity contribution >= 4 is 5.69 Å². The standard InChI is InChI=1S/C15H24N2O/c1-12-9-15(7-8-17(12)2)16-14-6-4-5-13(10-14)11-18-3/h4-6,10,12,15-16H,7-9,11H2,1-3H3. The van der Waals surface area contributed by atoms with Crippen LogP contribution in [0.3, 0.4) is 0 Å². The third kappa shape index (κ3) is 3.47. The topological polar surface area (TPSA) is 24.5 Å². The van der Waals surface area contributed by atoms with E-state index in [1.807, 2.05) is 0 Å². The van der Waals surface area contributed by atoms with Crippen molar-refractivity contribution in [1.29, 1.82) is 0 Å². The van der Waals surface area contributed by atoms with Crippen LogP contribution in [-0.4, -0.2) is 37.7 Å². The van der Waals surface area contributed by atoms with Crippen LogP contribution in [0.4, 0.5) is 5.69 Å². The monoisotopic (exact) mass is 248 g/mol. The van der Waals surface area contributed by atoms with Crippen LogP contribution >= 0.6 is 0 Å². The number of methoxy groups -OCH3 is 1. The summed E-state index contributed by atoms with van der Waals surface area (Å²) in [7, 11) is 3.94. The van der Waals surface area contributed by atoms with Gasteiger partial charge in [-0.3, -0.25) is 0 Å². The predicted octanol–water partition coefficient (Wildman–Crippen LogP) is 2.73. The van der Waals surface area contributed by atoms with Crippen LogP contribution < -0.4 is 5.32 Å². The first-order valence-corrected chi connectivity index (χ1v) is 6.73. The Labute approximate surface area is 110 Å². The van der Waals surface area contributed by atoms with Crippen molar-refractivity contribution in [3.63, 3.8) is 0 Å². The molecule has 3 heteroatoms. The van der Waals surface area contributed by atoms with E-state index in [4.69, 9.17) is 4.74 Å². The van der Waals surface area contributed by atoms with Gasteiger partial charge in [0.1, 0.15) is 0 Å². The Bertz CT molecular complexity index is 381. The van der Waals surface area contributed by atoms with Crippen LogP contribution in [0.2, 0.25) is 0 Å². The number of rotatable bonds is 4. The Morgan fingerprint density at radius 2 is 2.28 bits per heavy atom. The first kappa shape index (κ1) is 13.4. The van der Waals surface area contributed by atoms with E-state index in [1.54, 1.807) is 7.11 Å². The summed E-state index contributed by atoms with van der Waals surface area (Å²) < 4.78 is 5.17. The second-order valence-corrected chi connectivity index (χ2v) is 5.33. The Morgan fingerprint density at radius 3 is 3.00 bits per heavy atom. The molecule has 1 saturated heterocycles. The summed E-state index contributed by atoms with van der Waals surface area (Å²) in [5, 5.41) is 3.65. The zero-order valence-corrected chi connectivity index (χ0v) is 11.6. The highest BCUT2D eigenvalue weighted by atomic mass is 16.5. The molecule has 0 radical (unpaired) electrons. The first-order chi connectivity index (χ1) is 8.69. The van der Waals surface area contributed by atoms with E-state index in [9.17, 15) is 0 Å². The molecule has 0 bridgehead atoms. The van der Waals surface area contributed by atoms with Crippen LogP contribution in [-0.2, 0) is 11.3 Å². The lowest BCUT2D eigenvalue weighted by molar-refractivity contribution is 0.185. The van der Waals surface area contributed by atoms with Crippen molar-refractivity contribution in [2.45, 2.75) is 38.5 Å². The van der Waals surface area contributed by atoms with Gasteiger partial charge in [-0.15, -0.1) is 0 Å². The maximum absolute atomic E-state index is 5.17. The lowest BCUT2D eigenvalue weighted by Crippen LogP contribution is -2.42. The molecule has 2 rings (SSSR count). The lowest BCUT2D eigenvalue weighted by Gasteiger charge is -2.35. The molecule has 1 aromatic rings. The Morgan fingerprint density at radius 1 is 1.44 bits per heavy atom. The number of hydrogen-bond donors (Lipinski definition) is 1. The van der Waals surface area contributed by atoms with E-state index >= 15 is 0 Å². The SMILES string of the molecule is COCc1cccc(NC2CCN(C)C(C)C2)c1. The highest BCUT2D eigenvalue weighted by Crippen LogP contribution is 2.20. The largest absolute Gasteiger partial charge is 0.382 e. The average Bonchev–Trinajstić information content (AvgIpc) is 2.35. The van der Waals surface area contributed by atoms with Gasteiger partial charge in [-0.2, -0.15) is 0 Å². The molecule has 0 amide bonds. The van der Waals surface area contributed by atoms with Crippen molar-refractivity contribution in [1.82, 2.24) is 4.90 Å². The number of benzene rings is 1. The molecular formula is C15H24N2O. The molecule has 1 fully saturated rings. The van der Waals surface area contributed by atoms with Crippen molar-refractivity contribution in [3.05, 3.63) is 29.8 Å². The average molecular weight is 248 g/mol. The van der Waals surface area contributed by atoms with E-state index in [2.05, 4.69) is 48.5 Å². The number of anilines is 1. The minimum Gasteiger partial charge on any atom is -0.382 e. The minimum absolute atomic E-state index is 0.592. The summed E-state index contributed by atoms with van der Waals surface area (Å²) in [5.41, 5.74) is 2.44. The quantitative estimate of drug-likeness (QED) is 0.886. The third-order valence-electron chi connectivity index (χ3n) is 3.82. The van der Waals surface area contributed by atoms with E-state index in [1.165, 1.54) is 30.6 Å². The Hall–Kier alpha value is -1.06. The van der Waals surface area contributed by atoms with Gasteiger partial charge < -0.3 is 15.0 Å². The molecule has 18 heavy (non-hydrogen) atoms. The van der Waals surface area contributed by atoms with Crippen molar-refractivity contribution in [2.75, 3.05) is 26.0 Å². The second kappa shape index (κ2) is 6.21. The van der Waals surface area contributed by atoms with E-state index in [0.29, 0.717) is 18.7 Å². The molecule has 100 valence electrons. The van der Waals surface area contributed by atoms with Gasteiger partial charge in [0.15, 0.2) is 0 Å². The fourth-order valence-corrected chi connectivity index (χ4v) is 2.57. The smallest absolute Gasteiger partial charge is 0.0713 e. The Balaban J connectivity index is 1.94. The van der Waals surface area contributed by atoms with Gasteiger partial charge in [0, 0.05) is 31.4 Å². The summed E-state index contributed by atoms with van der Waals surface area (Å²) in [5.74, 6) is 0. The number of nitrogens with zero attached hydrogens (tertiary/aromatic N) is 1. The molecule has 1 heterocycles. The normalized spacial score (nSPS) is 25.1. The molecule has 0 spiro atoms. The molecule has 3 nitrogen and oxygen atoms in total. The molecule has 2 atom stereocenters. The number of hydrogen-bond acceptors (Lipinski definition) is 3. The summed E-state index contributed by atoms with van der Waals surface area (Å²) in [6, 6.07) is 9.78. The molecule has 1 aliphatic rings. The van der Waals surface area contributed by atoms with Gasteiger partial charge in [0.2, 0.25) is 0 Å². The molecule has 1 N–H and O–H groups in total. The Kier molecular flexibility index (Phi) is 4.61. The first-order valence-electron chi connectivity index (χ1n) is 6.73. The van der Waals surface area contributed by atoms with Gasteiger partial charge in [0.05, 0.1) is 6.61 Å². The summed E-state index contributed by atoms with van der Waals surface area (Å²) in [4.78, 5) is 2.43. The summed E-state index contributed by atoms with van der Waals surface area (Å²) >= 11 is 0. The molecule has 0 saturated carbocycles. The molecular weight excluding hydrogens is 224 g/mol. The minimum atomic E-state index is 0.592. The molecule has 0 aromatic heterocycles. The third-order valence-corrected chi connectivity index (χ3v) is 3.82. The van der Waals surface area contributed by atoms with Crippen LogP contribution in [0.1, 0.15) is 25.3 Å². The van der Waals surface area contributed by atoms with Crippen LogP contribution in [0.15, 0.2) is 24.3 Å². The zero-order chi connectivity index (χ0) is 13.0. The fourth-order valence-electron chi connectivity index (χ4n) is 2.57. The van der Waals surface area contributed by atoms with Gasteiger partial charge in [0.25, 0.3) is 0 Å². The predicted molar refractivity (Wildman–Crippen MR) is 75.9 cm³/mol. The van der Waals surface area contributed by atoms with Crippen molar-refractivity contribution in [3.8, 4) is 0 Å². The summed E-state index contributed by atoms with van der Waals surface area (Å²) in [6.45, 7) is 4.16. The number of nitrogens with one attached hydrogen (secondary N) is 1. The number of piperidine rings is 1. The molecule has 2 unspecified atom stereocenters. The van der Waals surface area contributed by atoms with Gasteiger partial charge in [-0.05, 0) is 44.5 Å². The number of likely N-dealkylation sites (tertiary alicyclic amines) is 1. The van der Waals surface area contributed by atoms with Crippen LogP contribution in [0, 0.1) is 0 Å².